The van der Waals surface area contributed by atoms with Gasteiger partial charge < -0.3 is 10.1 Å². The molecule has 1 aromatic rings. The van der Waals surface area contributed by atoms with E-state index in [2.05, 4.69) is 19.2 Å². The van der Waals surface area contributed by atoms with Crippen molar-refractivity contribution >= 4 is 0 Å². The summed E-state index contributed by atoms with van der Waals surface area (Å²) in [6, 6.07) is 5.17. The van der Waals surface area contributed by atoms with E-state index < -0.39 is 0 Å². The first-order valence-electron chi connectivity index (χ1n) is 6.94. The van der Waals surface area contributed by atoms with Gasteiger partial charge in [-0.2, -0.15) is 0 Å². The van der Waals surface area contributed by atoms with Crippen LogP contribution in [0.4, 0.5) is 4.39 Å². The Bertz CT molecular complexity index is 394. The lowest BCUT2D eigenvalue weighted by molar-refractivity contribution is 0.139. The molecule has 0 bridgehead atoms. The van der Waals surface area contributed by atoms with Crippen LogP contribution in [0.25, 0.3) is 0 Å². The SMILES string of the molecule is CCCNC1CC(CCC)Oc2cc(F)ccc21. The lowest BCUT2D eigenvalue weighted by Gasteiger charge is -2.32. The first-order chi connectivity index (χ1) is 8.74. The maximum Gasteiger partial charge on any atom is 0.127 e. The summed E-state index contributed by atoms with van der Waals surface area (Å²) in [5.41, 5.74) is 1.09. The van der Waals surface area contributed by atoms with Crippen LogP contribution in [-0.2, 0) is 0 Å². The van der Waals surface area contributed by atoms with Gasteiger partial charge in [0.15, 0.2) is 0 Å². The van der Waals surface area contributed by atoms with E-state index in [1.54, 1.807) is 0 Å². The maximum absolute atomic E-state index is 13.3. The molecular formula is C15H22FNO. The van der Waals surface area contributed by atoms with Gasteiger partial charge in [-0.3, -0.25) is 0 Å². The van der Waals surface area contributed by atoms with Gasteiger partial charge in [0.2, 0.25) is 0 Å². The second-order valence-electron chi connectivity index (χ2n) is 4.95. The van der Waals surface area contributed by atoms with Gasteiger partial charge in [-0.05, 0) is 25.5 Å². The van der Waals surface area contributed by atoms with Crippen molar-refractivity contribution in [2.45, 2.75) is 51.7 Å². The molecule has 1 aliphatic rings. The van der Waals surface area contributed by atoms with Crippen molar-refractivity contribution in [2.24, 2.45) is 0 Å². The monoisotopic (exact) mass is 251 g/mol. The number of rotatable bonds is 5. The van der Waals surface area contributed by atoms with E-state index in [1.807, 2.05) is 6.07 Å². The normalized spacial score (nSPS) is 22.4. The highest BCUT2D eigenvalue weighted by atomic mass is 19.1. The Hall–Kier alpha value is -1.09. The summed E-state index contributed by atoms with van der Waals surface area (Å²) in [6.45, 7) is 5.29. The lowest BCUT2D eigenvalue weighted by atomic mass is 9.94. The number of fused-ring (bicyclic) bond motifs is 1. The predicted molar refractivity (Wildman–Crippen MR) is 71.4 cm³/mol. The van der Waals surface area contributed by atoms with Crippen LogP contribution in [0, 0.1) is 5.82 Å². The topological polar surface area (TPSA) is 21.3 Å². The average Bonchev–Trinajstić information content (AvgIpc) is 2.35. The van der Waals surface area contributed by atoms with Crippen molar-refractivity contribution in [3.63, 3.8) is 0 Å². The Labute approximate surface area is 109 Å². The second-order valence-corrected chi connectivity index (χ2v) is 4.95. The van der Waals surface area contributed by atoms with Crippen LogP contribution in [0.2, 0.25) is 0 Å². The molecule has 0 saturated carbocycles. The highest BCUT2D eigenvalue weighted by Crippen LogP contribution is 2.36. The van der Waals surface area contributed by atoms with E-state index in [4.69, 9.17) is 4.74 Å². The Morgan fingerprint density at radius 2 is 2.17 bits per heavy atom. The Kier molecular flexibility index (Phi) is 4.59. The van der Waals surface area contributed by atoms with Crippen LogP contribution in [0.1, 0.15) is 51.1 Å². The lowest BCUT2D eigenvalue weighted by Crippen LogP contribution is -2.33. The maximum atomic E-state index is 13.3. The molecule has 0 fully saturated rings. The third-order valence-corrected chi connectivity index (χ3v) is 3.39. The first-order valence-corrected chi connectivity index (χ1v) is 6.94. The van der Waals surface area contributed by atoms with Gasteiger partial charge in [-0.25, -0.2) is 4.39 Å². The highest BCUT2D eigenvalue weighted by Gasteiger charge is 2.27. The molecule has 0 saturated heterocycles. The van der Waals surface area contributed by atoms with Crippen molar-refractivity contribution in [1.29, 1.82) is 0 Å². The summed E-state index contributed by atoms with van der Waals surface area (Å²) in [7, 11) is 0. The molecule has 0 amide bonds. The third kappa shape index (κ3) is 3.02. The van der Waals surface area contributed by atoms with E-state index >= 15 is 0 Å². The van der Waals surface area contributed by atoms with Crippen LogP contribution in [-0.4, -0.2) is 12.6 Å². The predicted octanol–water partition coefficient (Wildman–Crippen LogP) is 3.82. The van der Waals surface area contributed by atoms with Crippen LogP contribution in [0.5, 0.6) is 5.75 Å². The van der Waals surface area contributed by atoms with Crippen LogP contribution in [0.3, 0.4) is 0 Å². The van der Waals surface area contributed by atoms with Gasteiger partial charge in [0.1, 0.15) is 17.7 Å². The quantitative estimate of drug-likeness (QED) is 0.859. The number of hydrogen-bond acceptors (Lipinski definition) is 2. The molecule has 1 heterocycles. The Morgan fingerprint density at radius 3 is 2.89 bits per heavy atom. The fraction of sp³-hybridized carbons (Fsp3) is 0.600. The Morgan fingerprint density at radius 1 is 1.33 bits per heavy atom. The van der Waals surface area contributed by atoms with E-state index in [0.717, 1.165) is 37.8 Å². The molecule has 2 atom stereocenters. The zero-order valence-electron chi connectivity index (χ0n) is 11.2. The van der Waals surface area contributed by atoms with Crippen molar-refractivity contribution in [3.8, 4) is 5.75 Å². The molecule has 1 N–H and O–H groups in total. The van der Waals surface area contributed by atoms with Crippen molar-refractivity contribution in [3.05, 3.63) is 29.6 Å². The second kappa shape index (κ2) is 6.19. The summed E-state index contributed by atoms with van der Waals surface area (Å²) < 4.78 is 19.2. The van der Waals surface area contributed by atoms with Crippen molar-refractivity contribution in [1.82, 2.24) is 5.32 Å². The number of nitrogens with one attached hydrogen (secondary N) is 1. The van der Waals surface area contributed by atoms with Crippen LogP contribution >= 0.6 is 0 Å². The van der Waals surface area contributed by atoms with Crippen LogP contribution < -0.4 is 10.1 Å². The smallest absolute Gasteiger partial charge is 0.127 e. The standard InChI is InChI=1S/C15H22FNO/c1-3-5-12-10-14(17-8-4-2)13-7-6-11(16)9-15(13)18-12/h6-7,9,12,14,17H,3-5,8,10H2,1-2H3. The molecule has 2 unspecified atom stereocenters. The molecule has 0 radical (unpaired) electrons. The van der Waals surface area contributed by atoms with Gasteiger partial charge in [0.25, 0.3) is 0 Å². The van der Waals surface area contributed by atoms with Crippen molar-refractivity contribution in [2.75, 3.05) is 6.54 Å². The number of hydrogen-bond donors (Lipinski definition) is 1. The highest BCUT2D eigenvalue weighted by molar-refractivity contribution is 5.38. The summed E-state index contributed by atoms with van der Waals surface area (Å²) >= 11 is 0. The fourth-order valence-electron chi connectivity index (χ4n) is 2.53. The molecule has 18 heavy (non-hydrogen) atoms. The van der Waals surface area contributed by atoms with Crippen LogP contribution in [0.15, 0.2) is 18.2 Å². The molecule has 1 aromatic carbocycles. The summed E-state index contributed by atoms with van der Waals surface area (Å²) in [5.74, 6) is 0.494. The molecule has 0 aliphatic carbocycles. The van der Waals surface area contributed by atoms with Gasteiger partial charge in [-0.15, -0.1) is 0 Å². The minimum Gasteiger partial charge on any atom is -0.490 e. The summed E-state index contributed by atoms with van der Waals surface area (Å²) in [6.07, 6.45) is 4.41. The third-order valence-electron chi connectivity index (χ3n) is 3.39. The fourth-order valence-corrected chi connectivity index (χ4v) is 2.53. The molecule has 0 spiro atoms. The molecular weight excluding hydrogens is 229 g/mol. The molecule has 3 heteroatoms. The molecule has 2 rings (SSSR count). The van der Waals surface area contributed by atoms with Gasteiger partial charge >= 0.3 is 0 Å². The average molecular weight is 251 g/mol. The Balaban J connectivity index is 2.19. The van der Waals surface area contributed by atoms with E-state index in [-0.39, 0.29) is 11.9 Å². The number of ether oxygens (including phenoxy) is 1. The summed E-state index contributed by atoms with van der Waals surface area (Å²) in [4.78, 5) is 0. The number of benzene rings is 1. The number of halogens is 1. The summed E-state index contributed by atoms with van der Waals surface area (Å²) in [5, 5.41) is 3.53. The minimum atomic E-state index is -0.222. The zero-order valence-corrected chi connectivity index (χ0v) is 11.2. The zero-order chi connectivity index (χ0) is 13.0. The van der Waals surface area contributed by atoms with E-state index in [0.29, 0.717) is 11.8 Å². The molecule has 1 aliphatic heterocycles. The largest absolute Gasteiger partial charge is 0.490 e. The van der Waals surface area contributed by atoms with Gasteiger partial charge in [0.05, 0.1) is 0 Å². The van der Waals surface area contributed by atoms with E-state index in [1.165, 1.54) is 12.1 Å². The first kappa shape index (κ1) is 13.3. The van der Waals surface area contributed by atoms with E-state index in [9.17, 15) is 4.39 Å². The van der Waals surface area contributed by atoms with Gasteiger partial charge in [-0.1, -0.05) is 26.3 Å². The van der Waals surface area contributed by atoms with Gasteiger partial charge in [0, 0.05) is 24.1 Å². The minimum absolute atomic E-state index is 0.207. The molecule has 100 valence electrons. The molecule has 0 aromatic heterocycles. The molecule has 2 nitrogen and oxygen atoms in total. The van der Waals surface area contributed by atoms with Crippen molar-refractivity contribution < 1.29 is 9.13 Å².